The molecule has 0 aliphatic carbocycles. The van der Waals surface area contributed by atoms with Crippen LogP contribution >= 0.6 is 11.8 Å². The Balaban J connectivity index is 1.71. The topological polar surface area (TPSA) is 78.5 Å². The van der Waals surface area contributed by atoms with E-state index in [0.29, 0.717) is 35.6 Å². The van der Waals surface area contributed by atoms with E-state index < -0.39 is 0 Å². The molecular formula is C21H23N3O3S. The zero-order chi connectivity index (χ0) is 20.3. The van der Waals surface area contributed by atoms with Gasteiger partial charge in [0.1, 0.15) is 0 Å². The lowest BCUT2D eigenvalue weighted by molar-refractivity contribution is -0.115. The molecule has 1 heterocycles. The minimum absolute atomic E-state index is 0.0277. The molecule has 2 aromatic rings. The third-order valence-electron chi connectivity index (χ3n) is 4.61. The molecule has 0 saturated heterocycles. The predicted molar refractivity (Wildman–Crippen MR) is 112 cm³/mol. The lowest BCUT2D eigenvalue weighted by Crippen LogP contribution is -2.30. The van der Waals surface area contributed by atoms with Crippen LogP contribution in [0.15, 0.2) is 47.4 Å². The van der Waals surface area contributed by atoms with Gasteiger partial charge >= 0.3 is 0 Å². The number of rotatable bonds is 5. The Morgan fingerprint density at radius 3 is 2.36 bits per heavy atom. The fourth-order valence-electron chi connectivity index (χ4n) is 2.94. The van der Waals surface area contributed by atoms with E-state index >= 15 is 0 Å². The van der Waals surface area contributed by atoms with Gasteiger partial charge in [-0.05, 0) is 63.2 Å². The first-order chi connectivity index (χ1) is 13.4. The Morgan fingerprint density at radius 2 is 1.71 bits per heavy atom. The second-order valence-electron chi connectivity index (χ2n) is 6.47. The zero-order valence-corrected chi connectivity index (χ0v) is 16.9. The summed E-state index contributed by atoms with van der Waals surface area (Å²) in [6.45, 7) is 7.03. The van der Waals surface area contributed by atoms with Crippen molar-refractivity contribution in [1.29, 1.82) is 0 Å². The first-order valence-corrected chi connectivity index (χ1v) is 10.1. The largest absolute Gasteiger partial charge is 0.339 e. The van der Waals surface area contributed by atoms with Crippen molar-refractivity contribution in [3.8, 4) is 0 Å². The lowest BCUT2D eigenvalue weighted by Gasteiger charge is -2.21. The molecular weight excluding hydrogens is 374 g/mol. The van der Waals surface area contributed by atoms with Crippen LogP contribution in [0.5, 0.6) is 0 Å². The van der Waals surface area contributed by atoms with Gasteiger partial charge in [-0.3, -0.25) is 14.4 Å². The van der Waals surface area contributed by atoms with Gasteiger partial charge in [-0.15, -0.1) is 11.8 Å². The van der Waals surface area contributed by atoms with E-state index in [1.54, 1.807) is 41.3 Å². The summed E-state index contributed by atoms with van der Waals surface area (Å²) in [6, 6.07) is 12.1. The van der Waals surface area contributed by atoms with Crippen molar-refractivity contribution in [2.45, 2.75) is 30.9 Å². The zero-order valence-electron chi connectivity index (χ0n) is 16.1. The number of carbonyl (C=O) groups is 3. The van der Waals surface area contributed by atoms with Gasteiger partial charge in [0.2, 0.25) is 5.91 Å². The molecule has 3 rings (SSSR count). The number of benzene rings is 2. The van der Waals surface area contributed by atoms with Gasteiger partial charge in [0.05, 0.1) is 10.9 Å². The molecule has 0 fully saturated rings. The average molecular weight is 398 g/mol. The highest BCUT2D eigenvalue weighted by molar-refractivity contribution is 8.00. The Kier molecular flexibility index (Phi) is 6.04. The van der Waals surface area contributed by atoms with Crippen molar-refractivity contribution in [2.24, 2.45) is 0 Å². The molecule has 3 amide bonds. The van der Waals surface area contributed by atoms with Gasteiger partial charge in [0.25, 0.3) is 11.8 Å². The fraction of sp³-hybridized carbons (Fsp3) is 0.286. The van der Waals surface area contributed by atoms with Gasteiger partial charge in [-0.1, -0.05) is 0 Å². The Morgan fingerprint density at radius 1 is 1.07 bits per heavy atom. The number of nitrogens with one attached hydrogen (secondary N) is 2. The summed E-state index contributed by atoms with van der Waals surface area (Å²) in [7, 11) is 0. The highest BCUT2D eigenvalue weighted by atomic mass is 32.2. The van der Waals surface area contributed by atoms with Crippen LogP contribution in [0.3, 0.4) is 0 Å². The Bertz CT molecular complexity index is 908. The Hall–Kier alpha value is -2.80. The van der Waals surface area contributed by atoms with Gasteiger partial charge in [-0.2, -0.15) is 0 Å². The Labute approximate surface area is 168 Å². The number of thioether (sulfide) groups is 1. The first kappa shape index (κ1) is 19.9. The molecule has 1 aliphatic rings. The molecule has 0 unspecified atom stereocenters. The molecule has 146 valence electrons. The lowest BCUT2D eigenvalue weighted by atomic mass is 10.1. The molecule has 28 heavy (non-hydrogen) atoms. The molecule has 2 N–H and O–H groups in total. The smallest absolute Gasteiger partial charge is 0.255 e. The van der Waals surface area contributed by atoms with E-state index in [1.807, 2.05) is 26.8 Å². The molecule has 2 aromatic carbocycles. The van der Waals surface area contributed by atoms with E-state index in [4.69, 9.17) is 0 Å². The average Bonchev–Trinajstić information content (AvgIpc) is 2.70. The molecule has 1 aliphatic heterocycles. The van der Waals surface area contributed by atoms with Gasteiger partial charge in [0, 0.05) is 34.8 Å². The molecule has 0 aromatic heterocycles. The second-order valence-corrected chi connectivity index (χ2v) is 7.85. The third-order valence-corrected chi connectivity index (χ3v) is 5.79. The summed E-state index contributed by atoms with van der Waals surface area (Å²) in [4.78, 5) is 39.4. The molecule has 7 heteroatoms. The van der Waals surface area contributed by atoms with E-state index in [2.05, 4.69) is 10.6 Å². The van der Waals surface area contributed by atoms with Crippen LogP contribution in [0.2, 0.25) is 0 Å². The van der Waals surface area contributed by atoms with Crippen LogP contribution in [-0.4, -0.2) is 41.0 Å². The maximum Gasteiger partial charge on any atom is 0.255 e. The van der Waals surface area contributed by atoms with Crippen molar-refractivity contribution in [3.05, 3.63) is 53.6 Å². The highest BCUT2D eigenvalue weighted by Crippen LogP contribution is 2.36. The van der Waals surface area contributed by atoms with E-state index in [1.165, 1.54) is 11.8 Å². The SMILES string of the molecule is CCN(CC)C(=O)c1ccc(NC(=O)c2ccc3c(c2)NC(=O)[C@@H](C)S3)cc1. The summed E-state index contributed by atoms with van der Waals surface area (Å²) in [5.74, 6) is -0.368. The maximum absolute atomic E-state index is 12.6. The summed E-state index contributed by atoms with van der Waals surface area (Å²) >= 11 is 1.47. The van der Waals surface area contributed by atoms with Crippen LogP contribution in [0.1, 0.15) is 41.5 Å². The van der Waals surface area contributed by atoms with Crippen LogP contribution in [0.4, 0.5) is 11.4 Å². The minimum atomic E-state index is -0.275. The number of carbonyl (C=O) groups excluding carboxylic acids is 3. The second kappa shape index (κ2) is 8.48. The van der Waals surface area contributed by atoms with Crippen LogP contribution in [0, 0.1) is 0 Å². The monoisotopic (exact) mass is 397 g/mol. The van der Waals surface area contributed by atoms with E-state index in [0.717, 1.165) is 4.90 Å². The van der Waals surface area contributed by atoms with Gasteiger partial charge in [0.15, 0.2) is 0 Å². The molecule has 0 spiro atoms. The van der Waals surface area contributed by atoms with Crippen molar-refractivity contribution >= 4 is 40.9 Å². The van der Waals surface area contributed by atoms with Gasteiger partial charge < -0.3 is 15.5 Å². The highest BCUT2D eigenvalue weighted by Gasteiger charge is 2.23. The molecule has 0 saturated carbocycles. The first-order valence-electron chi connectivity index (χ1n) is 9.25. The maximum atomic E-state index is 12.6. The number of fused-ring (bicyclic) bond motifs is 1. The number of anilines is 2. The predicted octanol–water partition coefficient (Wildman–Crippen LogP) is 3.85. The van der Waals surface area contributed by atoms with Gasteiger partial charge in [-0.25, -0.2) is 0 Å². The third kappa shape index (κ3) is 4.20. The summed E-state index contributed by atoms with van der Waals surface area (Å²) < 4.78 is 0. The molecule has 1 atom stereocenters. The summed E-state index contributed by atoms with van der Waals surface area (Å²) in [5, 5.41) is 5.50. The fourth-order valence-corrected chi connectivity index (χ4v) is 3.87. The number of nitrogens with zero attached hydrogens (tertiary/aromatic N) is 1. The van der Waals surface area contributed by atoms with E-state index in [9.17, 15) is 14.4 Å². The van der Waals surface area contributed by atoms with Crippen LogP contribution in [0.25, 0.3) is 0 Å². The number of hydrogen-bond donors (Lipinski definition) is 2. The summed E-state index contributed by atoms with van der Waals surface area (Å²) in [5.41, 5.74) is 2.30. The minimum Gasteiger partial charge on any atom is -0.339 e. The summed E-state index contributed by atoms with van der Waals surface area (Å²) in [6.07, 6.45) is 0. The standard InChI is InChI=1S/C21H23N3O3S/c1-4-24(5-2)21(27)14-6-9-16(10-7-14)22-20(26)15-8-11-18-17(12-15)23-19(25)13(3)28-18/h6-13H,4-5H2,1-3H3,(H,22,26)(H,23,25)/t13-/m1/s1. The number of amides is 3. The molecule has 6 nitrogen and oxygen atoms in total. The normalized spacial score (nSPS) is 15.4. The quantitative estimate of drug-likeness (QED) is 0.803. The van der Waals surface area contributed by atoms with Crippen molar-refractivity contribution < 1.29 is 14.4 Å². The van der Waals surface area contributed by atoms with Crippen LogP contribution in [-0.2, 0) is 4.79 Å². The van der Waals surface area contributed by atoms with Crippen LogP contribution < -0.4 is 10.6 Å². The molecule has 0 bridgehead atoms. The van der Waals surface area contributed by atoms with Crippen molar-refractivity contribution in [1.82, 2.24) is 4.90 Å². The van der Waals surface area contributed by atoms with Crippen molar-refractivity contribution in [2.75, 3.05) is 23.7 Å². The number of hydrogen-bond acceptors (Lipinski definition) is 4. The van der Waals surface area contributed by atoms with E-state index in [-0.39, 0.29) is 23.0 Å². The molecule has 0 radical (unpaired) electrons. The van der Waals surface area contributed by atoms with Crippen molar-refractivity contribution in [3.63, 3.8) is 0 Å².